The largest absolute Gasteiger partial charge is 0.306 e. The summed E-state index contributed by atoms with van der Waals surface area (Å²) in [4.78, 5) is 0. The number of nitrogens with zero attached hydrogens (tertiary/aromatic N) is 1. The second-order valence-corrected chi connectivity index (χ2v) is 2.36. The number of hydrogen-bond acceptors (Lipinski definition) is 2. The van der Waals surface area contributed by atoms with Crippen molar-refractivity contribution in [1.82, 2.24) is 10.4 Å². The number of allylic oxidation sites excluding steroid dienone is 3. The molecule has 1 N–H and O–H groups in total. The number of hydrazine groups is 1. The Morgan fingerprint density at radius 1 is 1.44 bits per heavy atom. The summed E-state index contributed by atoms with van der Waals surface area (Å²) in [6, 6.07) is 0. The van der Waals surface area contributed by atoms with Crippen LogP contribution in [0.3, 0.4) is 0 Å². The molecule has 0 aromatic heterocycles. The minimum Gasteiger partial charge on any atom is -0.306 e. The van der Waals surface area contributed by atoms with Gasteiger partial charge in [-0.2, -0.15) is 0 Å². The fourth-order valence-corrected chi connectivity index (χ4v) is 0.768. The first-order chi connectivity index (χ1) is 4.20. The summed E-state index contributed by atoms with van der Waals surface area (Å²) in [5.74, 6) is 0. The fourth-order valence-electron chi connectivity index (χ4n) is 0.768. The van der Waals surface area contributed by atoms with Crippen molar-refractivity contribution in [3.63, 3.8) is 0 Å². The van der Waals surface area contributed by atoms with Crippen molar-refractivity contribution >= 4 is 0 Å². The van der Waals surface area contributed by atoms with Gasteiger partial charge in [0.05, 0.1) is 0 Å². The summed E-state index contributed by atoms with van der Waals surface area (Å²) >= 11 is 0. The lowest BCUT2D eigenvalue weighted by Crippen LogP contribution is -2.30. The molecule has 0 fully saturated rings. The van der Waals surface area contributed by atoms with Crippen molar-refractivity contribution in [2.75, 3.05) is 7.05 Å². The van der Waals surface area contributed by atoms with Crippen LogP contribution in [0.4, 0.5) is 0 Å². The highest BCUT2D eigenvalue weighted by Crippen LogP contribution is 2.07. The molecule has 0 unspecified atom stereocenters. The molecular weight excluding hydrogens is 112 g/mol. The topological polar surface area (TPSA) is 15.3 Å². The molecular formula is C7H12N2. The van der Waals surface area contributed by atoms with Gasteiger partial charge in [-0.15, -0.1) is 0 Å². The van der Waals surface area contributed by atoms with Crippen LogP contribution in [0.15, 0.2) is 23.5 Å². The van der Waals surface area contributed by atoms with Gasteiger partial charge < -0.3 is 5.43 Å². The van der Waals surface area contributed by atoms with Crippen LogP contribution in [-0.2, 0) is 0 Å². The molecule has 1 heterocycles. The van der Waals surface area contributed by atoms with Crippen molar-refractivity contribution in [1.29, 1.82) is 0 Å². The average molecular weight is 124 g/mol. The summed E-state index contributed by atoms with van der Waals surface area (Å²) < 4.78 is 0. The standard InChI is InChI=1S/C7H12N2/c1-6-4-7(2)9(3)8-5-6/h4-5,8H,1-3H3. The van der Waals surface area contributed by atoms with Crippen LogP contribution in [0.2, 0.25) is 0 Å². The normalized spacial score (nSPS) is 18.3. The highest BCUT2D eigenvalue weighted by Gasteiger charge is 1.99. The minimum atomic E-state index is 1.25. The SMILES string of the molecule is CC1=CNN(C)C(C)=C1. The number of nitrogens with one attached hydrogen (secondary N) is 1. The number of rotatable bonds is 0. The van der Waals surface area contributed by atoms with E-state index in [9.17, 15) is 0 Å². The first-order valence-corrected chi connectivity index (χ1v) is 3.05. The Morgan fingerprint density at radius 2 is 2.11 bits per heavy atom. The van der Waals surface area contributed by atoms with Gasteiger partial charge in [-0.25, -0.2) is 0 Å². The summed E-state index contributed by atoms with van der Waals surface area (Å²) in [6.07, 6.45) is 4.11. The second-order valence-electron chi connectivity index (χ2n) is 2.36. The fraction of sp³-hybridized carbons (Fsp3) is 0.429. The van der Waals surface area contributed by atoms with Crippen molar-refractivity contribution in [3.8, 4) is 0 Å². The zero-order chi connectivity index (χ0) is 6.85. The van der Waals surface area contributed by atoms with E-state index >= 15 is 0 Å². The maximum absolute atomic E-state index is 3.08. The van der Waals surface area contributed by atoms with Crippen molar-refractivity contribution < 1.29 is 0 Å². The zero-order valence-electron chi connectivity index (χ0n) is 6.10. The molecule has 0 aliphatic carbocycles. The van der Waals surface area contributed by atoms with E-state index in [4.69, 9.17) is 0 Å². The molecule has 0 spiro atoms. The monoisotopic (exact) mass is 124 g/mol. The predicted molar refractivity (Wildman–Crippen MR) is 38.4 cm³/mol. The maximum atomic E-state index is 3.08. The van der Waals surface area contributed by atoms with E-state index < -0.39 is 0 Å². The molecule has 0 bridgehead atoms. The van der Waals surface area contributed by atoms with Crippen LogP contribution in [0.1, 0.15) is 13.8 Å². The van der Waals surface area contributed by atoms with Crippen molar-refractivity contribution in [2.45, 2.75) is 13.8 Å². The molecule has 1 aliphatic heterocycles. The van der Waals surface area contributed by atoms with E-state index in [-0.39, 0.29) is 0 Å². The predicted octanol–water partition coefficient (Wildman–Crippen LogP) is 1.24. The lowest BCUT2D eigenvalue weighted by atomic mass is 10.2. The first kappa shape index (κ1) is 6.20. The lowest BCUT2D eigenvalue weighted by molar-refractivity contribution is 0.346. The van der Waals surface area contributed by atoms with E-state index in [1.165, 1.54) is 11.3 Å². The number of hydrogen-bond donors (Lipinski definition) is 1. The van der Waals surface area contributed by atoms with Crippen LogP contribution in [0.5, 0.6) is 0 Å². The molecule has 50 valence electrons. The van der Waals surface area contributed by atoms with Crippen LogP contribution in [0, 0.1) is 0 Å². The summed E-state index contributed by atoms with van der Waals surface area (Å²) in [7, 11) is 1.99. The van der Waals surface area contributed by atoms with Crippen LogP contribution < -0.4 is 5.43 Å². The Hall–Kier alpha value is -0.920. The Balaban J connectivity index is 2.74. The molecule has 0 amide bonds. The third kappa shape index (κ3) is 1.25. The van der Waals surface area contributed by atoms with Gasteiger partial charge in [0.15, 0.2) is 0 Å². The molecule has 0 saturated carbocycles. The Bertz CT molecular complexity index is 168. The van der Waals surface area contributed by atoms with Crippen molar-refractivity contribution in [3.05, 3.63) is 23.5 Å². The molecule has 0 aromatic carbocycles. The summed E-state index contributed by atoms with van der Waals surface area (Å²) in [5.41, 5.74) is 5.60. The van der Waals surface area contributed by atoms with E-state index in [1.807, 2.05) is 18.3 Å². The molecule has 1 aliphatic rings. The van der Waals surface area contributed by atoms with Crippen LogP contribution in [-0.4, -0.2) is 12.1 Å². The summed E-state index contributed by atoms with van der Waals surface area (Å²) in [6.45, 7) is 4.15. The van der Waals surface area contributed by atoms with E-state index in [2.05, 4.69) is 25.3 Å². The average Bonchev–Trinajstić information content (AvgIpc) is 1.80. The smallest absolute Gasteiger partial charge is 0.0314 e. The molecule has 1 rings (SSSR count). The first-order valence-electron chi connectivity index (χ1n) is 3.05. The molecule has 9 heavy (non-hydrogen) atoms. The van der Waals surface area contributed by atoms with Gasteiger partial charge in [-0.3, -0.25) is 5.01 Å². The molecule has 0 saturated heterocycles. The van der Waals surface area contributed by atoms with E-state index in [1.54, 1.807) is 0 Å². The van der Waals surface area contributed by atoms with Gasteiger partial charge in [0.1, 0.15) is 0 Å². The van der Waals surface area contributed by atoms with E-state index in [0.717, 1.165) is 0 Å². The Labute approximate surface area is 55.8 Å². The van der Waals surface area contributed by atoms with Gasteiger partial charge in [-0.1, -0.05) is 0 Å². The van der Waals surface area contributed by atoms with Crippen LogP contribution in [0.25, 0.3) is 0 Å². The Morgan fingerprint density at radius 3 is 2.56 bits per heavy atom. The second kappa shape index (κ2) is 2.13. The van der Waals surface area contributed by atoms with Crippen molar-refractivity contribution in [2.24, 2.45) is 0 Å². The van der Waals surface area contributed by atoms with Gasteiger partial charge >= 0.3 is 0 Å². The third-order valence-electron chi connectivity index (χ3n) is 1.45. The van der Waals surface area contributed by atoms with Gasteiger partial charge in [0, 0.05) is 18.9 Å². The highest BCUT2D eigenvalue weighted by atomic mass is 15.5. The maximum Gasteiger partial charge on any atom is 0.0314 e. The quantitative estimate of drug-likeness (QED) is 0.522. The molecule has 0 aromatic rings. The van der Waals surface area contributed by atoms with Crippen LogP contribution >= 0.6 is 0 Å². The van der Waals surface area contributed by atoms with Gasteiger partial charge in [0.2, 0.25) is 0 Å². The van der Waals surface area contributed by atoms with Gasteiger partial charge in [-0.05, 0) is 25.5 Å². The third-order valence-corrected chi connectivity index (χ3v) is 1.45. The van der Waals surface area contributed by atoms with Gasteiger partial charge in [0.25, 0.3) is 0 Å². The highest BCUT2D eigenvalue weighted by molar-refractivity contribution is 5.21. The molecule has 0 atom stereocenters. The minimum absolute atomic E-state index is 1.25. The molecule has 2 nitrogen and oxygen atoms in total. The van der Waals surface area contributed by atoms with E-state index in [0.29, 0.717) is 0 Å². The zero-order valence-corrected chi connectivity index (χ0v) is 6.10. The Kier molecular flexibility index (Phi) is 1.47. The summed E-state index contributed by atoms with van der Waals surface area (Å²) in [5, 5.41) is 1.98. The molecule has 0 radical (unpaired) electrons. The molecule has 2 heteroatoms. The lowest BCUT2D eigenvalue weighted by Gasteiger charge is -2.23.